The first-order chi connectivity index (χ1) is 9.63. The normalized spacial score (nSPS) is 11.4. The number of benzene rings is 1. The average molecular weight is 286 g/mol. The first kappa shape index (κ1) is 14.0. The summed E-state index contributed by atoms with van der Waals surface area (Å²) in [6.07, 6.45) is 1.50. The number of hydrogen-bond donors (Lipinski definition) is 1. The number of carbonyl (C=O) groups excluding carboxylic acids is 1. The van der Waals surface area contributed by atoms with Crippen molar-refractivity contribution in [2.24, 2.45) is 0 Å². The van der Waals surface area contributed by atoms with Crippen LogP contribution in [0.3, 0.4) is 0 Å². The molecular formula is C15H12ClN3O. The summed E-state index contributed by atoms with van der Waals surface area (Å²) >= 11 is 5.87. The van der Waals surface area contributed by atoms with Crippen LogP contribution in [0.15, 0.2) is 42.6 Å². The highest BCUT2D eigenvalue weighted by Crippen LogP contribution is 2.18. The Morgan fingerprint density at radius 3 is 2.75 bits per heavy atom. The first-order valence-corrected chi connectivity index (χ1v) is 6.38. The molecule has 0 aliphatic rings. The molecule has 0 saturated carbocycles. The number of nitrogens with zero attached hydrogens (tertiary/aromatic N) is 2. The number of hydrogen-bond acceptors (Lipinski definition) is 3. The van der Waals surface area contributed by atoms with Gasteiger partial charge in [0.25, 0.3) is 5.91 Å². The third-order valence-electron chi connectivity index (χ3n) is 2.91. The van der Waals surface area contributed by atoms with Gasteiger partial charge in [-0.15, -0.1) is 0 Å². The molecule has 1 aromatic carbocycles. The van der Waals surface area contributed by atoms with Gasteiger partial charge in [-0.05, 0) is 30.2 Å². The van der Waals surface area contributed by atoms with Crippen LogP contribution in [0.1, 0.15) is 27.5 Å². The number of rotatable bonds is 3. The monoisotopic (exact) mass is 285 g/mol. The highest BCUT2D eigenvalue weighted by molar-refractivity contribution is 6.32. The minimum Gasteiger partial charge on any atom is -0.332 e. The zero-order chi connectivity index (χ0) is 14.5. The Labute approximate surface area is 122 Å². The molecule has 1 N–H and O–H groups in total. The van der Waals surface area contributed by atoms with Crippen molar-refractivity contribution in [2.75, 3.05) is 0 Å². The molecule has 0 spiro atoms. The topological polar surface area (TPSA) is 65.8 Å². The molecule has 1 amide bonds. The van der Waals surface area contributed by atoms with Crippen molar-refractivity contribution in [3.05, 3.63) is 64.4 Å². The van der Waals surface area contributed by atoms with E-state index in [0.29, 0.717) is 0 Å². The molecule has 20 heavy (non-hydrogen) atoms. The minimum absolute atomic E-state index is 0.117. The second-order valence-corrected chi connectivity index (χ2v) is 4.59. The van der Waals surface area contributed by atoms with Gasteiger partial charge in [-0.25, -0.2) is 4.98 Å². The van der Waals surface area contributed by atoms with Crippen LogP contribution in [0.25, 0.3) is 0 Å². The fraction of sp³-hybridized carbons (Fsp3) is 0.133. The van der Waals surface area contributed by atoms with Crippen molar-refractivity contribution < 1.29 is 4.79 Å². The summed E-state index contributed by atoms with van der Waals surface area (Å²) in [6, 6.07) is 12.0. The maximum atomic E-state index is 12.1. The molecule has 0 saturated heterocycles. The van der Waals surface area contributed by atoms with Crippen molar-refractivity contribution in [3.8, 4) is 6.07 Å². The molecule has 0 aliphatic carbocycles. The van der Waals surface area contributed by atoms with Gasteiger partial charge in [0.15, 0.2) is 0 Å². The average Bonchev–Trinajstić information content (AvgIpc) is 2.46. The molecule has 0 unspecified atom stereocenters. The maximum absolute atomic E-state index is 12.1. The molecule has 0 fully saturated rings. The molecule has 2 rings (SSSR count). The molecule has 0 bridgehead atoms. The Morgan fingerprint density at radius 2 is 2.10 bits per heavy atom. The molecule has 0 aliphatic heterocycles. The third kappa shape index (κ3) is 2.95. The van der Waals surface area contributed by atoms with Crippen molar-refractivity contribution in [2.45, 2.75) is 13.0 Å². The van der Waals surface area contributed by atoms with E-state index in [9.17, 15) is 10.1 Å². The van der Waals surface area contributed by atoms with E-state index >= 15 is 0 Å². The largest absolute Gasteiger partial charge is 0.332 e. The smallest absolute Gasteiger partial charge is 0.255 e. The minimum atomic E-state index is -0.722. The summed E-state index contributed by atoms with van der Waals surface area (Å²) in [5.74, 6) is -0.419. The van der Waals surface area contributed by atoms with Gasteiger partial charge in [0.2, 0.25) is 0 Å². The Hall–Kier alpha value is -2.38. The number of halogens is 1. The summed E-state index contributed by atoms with van der Waals surface area (Å²) in [5.41, 5.74) is 1.96. The molecule has 1 heterocycles. The van der Waals surface area contributed by atoms with Gasteiger partial charge in [0.1, 0.15) is 11.2 Å². The number of aromatic nitrogens is 1. The molecule has 4 nitrogen and oxygen atoms in total. The van der Waals surface area contributed by atoms with Gasteiger partial charge in [-0.2, -0.15) is 5.26 Å². The number of amides is 1. The van der Waals surface area contributed by atoms with Crippen molar-refractivity contribution in [1.29, 1.82) is 5.26 Å². The zero-order valence-corrected chi connectivity index (χ0v) is 11.6. The van der Waals surface area contributed by atoms with E-state index in [2.05, 4.69) is 16.4 Å². The highest BCUT2D eigenvalue weighted by Gasteiger charge is 2.18. The lowest BCUT2D eigenvalue weighted by atomic mass is 10.0. The van der Waals surface area contributed by atoms with Crippen LogP contribution < -0.4 is 5.32 Å². The van der Waals surface area contributed by atoms with Crippen LogP contribution in [0, 0.1) is 18.3 Å². The number of pyridine rings is 1. The van der Waals surface area contributed by atoms with Crippen LogP contribution in [0.5, 0.6) is 0 Å². The van der Waals surface area contributed by atoms with Crippen LogP contribution in [0.2, 0.25) is 5.15 Å². The first-order valence-electron chi connectivity index (χ1n) is 6.00. The number of carbonyl (C=O) groups is 1. The standard InChI is InChI=1S/C15H12ClN3O/c1-10-5-2-3-6-11(10)13(9-17)19-15(20)12-7-4-8-18-14(12)16/h2-8,13H,1H3,(H,19,20)/t13-/m0/s1. The number of aryl methyl sites for hydroxylation is 1. The molecule has 100 valence electrons. The second-order valence-electron chi connectivity index (χ2n) is 4.23. The lowest BCUT2D eigenvalue weighted by molar-refractivity contribution is 0.0945. The molecule has 1 aromatic heterocycles. The predicted molar refractivity (Wildman–Crippen MR) is 76.2 cm³/mol. The highest BCUT2D eigenvalue weighted by atomic mass is 35.5. The predicted octanol–water partition coefficient (Wildman–Crippen LogP) is 3.04. The molecule has 0 radical (unpaired) electrons. The SMILES string of the molecule is Cc1ccccc1[C@H](C#N)NC(=O)c1cccnc1Cl. The van der Waals surface area contributed by atoms with Gasteiger partial charge < -0.3 is 5.32 Å². The van der Waals surface area contributed by atoms with Crippen LogP contribution in [-0.2, 0) is 0 Å². The second kappa shape index (κ2) is 6.18. The van der Waals surface area contributed by atoms with E-state index in [1.165, 1.54) is 6.20 Å². The Balaban J connectivity index is 2.24. The summed E-state index contributed by atoms with van der Waals surface area (Å²) < 4.78 is 0. The van der Waals surface area contributed by atoms with E-state index < -0.39 is 11.9 Å². The lowest BCUT2D eigenvalue weighted by Crippen LogP contribution is -2.28. The van der Waals surface area contributed by atoms with Crippen LogP contribution in [-0.4, -0.2) is 10.9 Å². The fourth-order valence-corrected chi connectivity index (χ4v) is 2.06. The van der Waals surface area contributed by atoms with Gasteiger partial charge in [-0.3, -0.25) is 4.79 Å². The fourth-order valence-electron chi connectivity index (χ4n) is 1.85. The van der Waals surface area contributed by atoms with Crippen LogP contribution >= 0.6 is 11.6 Å². The number of nitrogens with one attached hydrogen (secondary N) is 1. The Bertz CT molecular complexity index is 679. The molecular weight excluding hydrogens is 274 g/mol. The van der Waals surface area contributed by atoms with Gasteiger partial charge in [0.05, 0.1) is 11.6 Å². The summed E-state index contributed by atoms with van der Waals surface area (Å²) in [5, 5.41) is 12.0. The summed E-state index contributed by atoms with van der Waals surface area (Å²) in [4.78, 5) is 16.0. The van der Waals surface area contributed by atoms with E-state index in [1.54, 1.807) is 12.1 Å². The van der Waals surface area contributed by atoms with Crippen molar-refractivity contribution >= 4 is 17.5 Å². The van der Waals surface area contributed by atoms with E-state index in [1.807, 2.05) is 31.2 Å². The van der Waals surface area contributed by atoms with E-state index in [-0.39, 0.29) is 10.7 Å². The van der Waals surface area contributed by atoms with Crippen molar-refractivity contribution in [1.82, 2.24) is 10.3 Å². The maximum Gasteiger partial charge on any atom is 0.255 e. The summed E-state index contributed by atoms with van der Waals surface area (Å²) in [7, 11) is 0. The molecule has 5 heteroatoms. The Morgan fingerprint density at radius 1 is 1.35 bits per heavy atom. The number of nitriles is 1. The van der Waals surface area contributed by atoms with E-state index in [0.717, 1.165) is 11.1 Å². The Kier molecular flexibility index (Phi) is 4.34. The molecule has 1 atom stereocenters. The third-order valence-corrected chi connectivity index (χ3v) is 3.21. The van der Waals surface area contributed by atoms with E-state index in [4.69, 9.17) is 11.6 Å². The lowest BCUT2D eigenvalue weighted by Gasteiger charge is -2.14. The quantitative estimate of drug-likeness (QED) is 0.882. The van der Waals surface area contributed by atoms with Gasteiger partial charge in [-0.1, -0.05) is 35.9 Å². The zero-order valence-electron chi connectivity index (χ0n) is 10.8. The summed E-state index contributed by atoms with van der Waals surface area (Å²) in [6.45, 7) is 1.89. The van der Waals surface area contributed by atoms with Gasteiger partial charge in [0, 0.05) is 6.20 Å². The van der Waals surface area contributed by atoms with Crippen molar-refractivity contribution in [3.63, 3.8) is 0 Å². The van der Waals surface area contributed by atoms with Gasteiger partial charge >= 0.3 is 0 Å². The molecule has 2 aromatic rings. The van der Waals surface area contributed by atoms with Crippen LogP contribution in [0.4, 0.5) is 0 Å².